The maximum atomic E-state index is 2.54. The van der Waals surface area contributed by atoms with E-state index in [2.05, 4.69) is 42.3 Å². The summed E-state index contributed by atoms with van der Waals surface area (Å²) >= 11 is 0. The second-order valence-electron chi connectivity index (χ2n) is 12.3. The molecule has 1 heterocycles. The van der Waals surface area contributed by atoms with Crippen LogP contribution in [0.1, 0.15) is 200 Å². The Kier molecular flexibility index (Phi) is 25.7. The molecule has 0 aliphatic carbocycles. The van der Waals surface area contributed by atoms with E-state index in [0.29, 0.717) is 0 Å². The van der Waals surface area contributed by atoms with Gasteiger partial charge in [-0.2, -0.15) is 0 Å². The lowest BCUT2D eigenvalue weighted by molar-refractivity contribution is -0.704. The van der Waals surface area contributed by atoms with E-state index >= 15 is 0 Å². The van der Waals surface area contributed by atoms with E-state index in [1.807, 2.05) is 0 Å². The van der Waals surface area contributed by atoms with Crippen molar-refractivity contribution in [1.29, 1.82) is 0 Å². The number of aromatic nitrogens is 2. The van der Waals surface area contributed by atoms with Crippen molar-refractivity contribution < 1.29 is 4.57 Å². The van der Waals surface area contributed by atoms with Crippen LogP contribution in [0.4, 0.5) is 0 Å². The summed E-state index contributed by atoms with van der Waals surface area (Å²) in [5.74, 6) is 1.54. The maximum Gasteiger partial charge on any atom is 0.256 e. The highest BCUT2D eigenvalue weighted by Gasteiger charge is 2.14. The molecule has 0 unspecified atom stereocenters. The van der Waals surface area contributed by atoms with E-state index in [1.165, 1.54) is 192 Å². The number of hydrogen-bond acceptors (Lipinski definition) is 0. The summed E-state index contributed by atoms with van der Waals surface area (Å²) in [6.07, 6.45) is 44.7. The highest BCUT2D eigenvalue weighted by Crippen LogP contribution is 2.15. The smallest absolute Gasteiger partial charge is 0.234 e. The van der Waals surface area contributed by atoms with E-state index in [9.17, 15) is 0 Å². The van der Waals surface area contributed by atoms with Crippen molar-refractivity contribution in [1.82, 2.24) is 4.57 Å². The molecule has 0 aliphatic rings. The number of unbranched alkanes of at least 4 members (excludes halogenated alkanes) is 25. The molecular weight excluding hydrogens is 460 g/mol. The van der Waals surface area contributed by atoms with Gasteiger partial charge in [0.2, 0.25) is 0 Å². The van der Waals surface area contributed by atoms with Gasteiger partial charge in [0, 0.05) is 6.42 Å². The highest BCUT2D eigenvalue weighted by molar-refractivity contribution is 4.83. The Hall–Kier alpha value is -0.790. The van der Waals surface area contributed by atoms with Gasteiger partial charge in [0.25, 0.3) is 5.82 Å². The first-order valence-electron chi connectivity index (χ1n) is 17.9. The van der Waals surface area contributed by atoms with Crippen molar-refractivity contribution in [3.8, 4) is 0 Å². The Morgan fingerprint density at radius 3 is 1.16 bits per heavy atom. The fraction of sp³-hybridized carbons (Fsp3) is 0.917. The fourth-order valence-electron chi connectivity index (χ4n) is 6.09. The molecule has 0 atom stereocenters. The van der Waals surface area contributed by atoms with Crippen LogP contribution in [-0.4, -0.2) is 4.57 Å². The molecule has 38 heavy (non-hydrogen) atoms. The molecule has 0 fully saturated rings. The van der Waals surface area contributed by atoms with E-state index < -0.39 is 0 Å². The predicted molar refractivity (Wildman–Crippen MR) is 170 cm³/mol. The minimum Gasteiger partial charge on any atom is -0.234 e. The third kappa shape index (κ3) is 20.2. The first kappa shape index (κ1) is 35.2. The Morgan fingerprint density at radius 1 is 0.447 bits per heavy atom. The van der Waals surface area contributed by atoms with E-state index in [-0.39, 0.29) is 0 Å². The highest BCUT2D eigenvalue weighted by atomic mass is 15.1. The summed E-state index contributed by atoms with van der Waals surface area (Å²) in [6.45, 7) is 9.37. The van der Waals surface area contributed by atoms with Crippen LogP contribution in [0.3, 0.4) is 0 Å². The molecule has 0 spiro atoms. The molecule has 2 heteroatoms. The van der Waals surface area contributed by atoms with Crippen molar-refractivity contribution in [3.05, 3.63) is 18.2 Å². The maximum absolute atomic E-state index is 2.54. The van der Waals surface area contributed by atoms with E-state index in [0.717, 1.165) is 6.42 Å². The lowest BCUT2D eigenvalue weighted by Gasteiger charge is -2.05. The van der Waals surface area contributed by atoms with Crippen molar-refractivity contribution in [2.45, 2.75) is 214 Å². The fourth-order valence-corrected chi connectivity index (χ4v) is 6.09. The second-order valence-corrected chi connectivity index (χ2v) is 12.3. The summed E-state index contributed by atoms with van der Waals surface area (Å²) in [7, 11) is 0. The molecular formula is C36H71N2+. The van der Waals surface area contributed by atoms with Crippen molar-refractivity contribution in [3.63, 3.8) is 0 Å². The Balaban J connectivity index is 1.95. The van der Waals surface area contributed by atoms with Gasteiger partial charge in [0.05, 0.1) is 13.1 Å². The SMILES string of the molecule is CCCCCCCCCCCCCCCCCCn1cc[n+](CCCCCCCCCCCCC)c1CC. The predicted octanol–water partition coefficient (Wildman–Crippen LogP) is 11.9. The Labute approximate surface area is 240 Å². The van der Waals surface area contributed by atoms with Crippen LogP contribution in [0, 0.1) is 0 Å². The van der Waals surface area contributed by atoms with Gasteiger partial charge in [-0.1, -0.05) is 168 Å². The summed E-state index contributed by atoms with van der Waals surface area (Å²) < 4.78 is 5.09. The third-order valence-electron chi connectivity index (χ3n) is 8.66. The average Bonchev–Trinajstić information content (AvgIpc) is 3.33. The number of aryl methyl sites for hydroxylation is 2. The lowest BCUT2D eigenvalue weighted by atomic mass is 10.0. The molecule has 2 nitrogen and oxygen atoms in total. The van der Waals surface area contributed by atoms with Crippen LogP contribution >= 0.6 is 0 Å². The van der Waals surface area contributed by atoms with Crippen LogP contribution in [0.5, 0.6) is 0 Å². The zero-order valence-corrected chi connectivity index (χ0v) is 26.8. The normalized spacial score (nSPS) is 11.6. The minimum absolute atomic E-state index is 1.16. The zero-order valence-electron chi connectivity index (χ0n) is 26.8. The van der Waals surface area contributed by atoms with Gasteiger partial charge >= 0.3 is 0 Å². The lowest BCUT2D eigenvalue weighted by Crippen LogP contribution is -2.37. The molecule has 0 N–H and O–H groups in total. The molecule has 0 saturated carbocycles. The first-order chi connectivity index (χ1) is 18.8. The van der Waals surface area contributed by atoms with Gasteiger partial charge in [-0.25, -0.2) is 9.13 Å². The Morgan fingerprint density at radius 2 is 0.789 bits per heavy atom. The van der Waals surface area contributed by atoms with Crippen LogP contribution in [0.25, 0.3) is 0 Å². The molecule has 0 saturated heterocycles. The quantitative estimate of drug-likeness (QED) is 0.0689. The first-order valence-corrected chi connectivity index (χ1v) is 17.9. The molecule has 0 bridgehead atoms. The molecule has 0 radical (unpaired) electrons. The zero-order chi connectivity index (χ0) is 27.4. The molecule has 1 aromatic rings. The van der Waals surface area contributed by atoms with Crippen LogP contribution < -0.4 is 4.57 Å². The van der Waals surface area contributed by atoms with Gasteiger partial charge in [0.1, 0.15) is 12.4 Å². The van der Waals surface area contributed by atoms with Gasteiger partial charge < -0.3 is 0 Å². The van der Waals surface area contributed by atoms with E-state index in [1.54, 1.807) is 0 Å². The molecule has 0 aliphatic heterocycles. The number of rotatable bonds is 30. The van der Waals surface area contributed by atoms with E-state index in [4.69, 9.17) is 0 Å². The third-order valence-corrected chi connectivity index (χ3v) is 8.66. The monoisotopic (exact) mass is 532 g/mol. The minimum atomic E-state index is 1.16. The number of imidazole rings is 1. The van der Waals surface area contributed by atoms with Crippen LogP contribution in [-0.2, 0) is 19.5 Å². The molecule has 0 amide bonds. The summed E-state index contributed by atoms with van der Waals surface area (Å²) in [5, 5.41) is 0. The topological polar surface area (TPSA) is 8.81 Å². The van der Waals surface area contributed by atoms with Crippen molar-refractivity contribution in [2.75, 3.05) is 0 Å². The van der Waals surface area contributed by atoms with Gasteiger partial charge in [0.15, 0.2) is 0 Å². The molecule has 224 valence electrons. The second kappa shape index (κ2) is 27.8. The average molecular weight is 532 g/mol. The van der Waals surface area contributed by atoms with Crippen LogP contribution in [0.15, 0.2) is 12.4 Å². The number of hydrogen-bond donors (Lipinski definition) is 0. The Bertz CT molecular complexity index is 590. The summed E-state index contributed by atoms with van der Waals surface area (Å²) in [5.41, 5.74) is 0. The standard InChI is InChI=1S/C36H71N2/c1-4-7-9-11-13-15-17-18-19-20-21-23-25-27-29-31-33-38-35-34-37(36(38)6-3)32-30-28-26-24-22-16-14-12-10-8-5-2/h34-35H,4-33H2,1-3H3/q+1. The van der Waals surface area contributed by atoms with Gasteiger partial charge in [-0.15, -0.1) is 0 Å². The number of nitrogens with zero attached hydrogens (tertiary/aromatic N) is 2. The largest absolute Gasteiger partial charge is 0.256 e. The summed E-state index contributed by atoms with van der Waals surface area (Å²) in [6, 6.07) is 0. The van der Waals surface area contributed by atoms with Gasteiger partial charge in [-0.3, -0.25) is 0 Å². The molecule has 0 aromatic carbocycles. The molecule has 1 aromatic heterocycles. The van der Waals surface area contributed by atoms with Crippen molar-refractivity contribution in [2.24, 2.45) is 0 Å². The molecule has 1 rings (SSSR count). The van der Waals surface area contributed by atoms with Crippen molar-refractivity contribution >= 4 is 0 Å². The van der Waals surface area contributed by atoms with Gasteiger partial charge in [-0.05, 0) is 25.7 Å². The summed E-state index contributed by atoms with van der Waals surface area (Å²) in [4.78, 5) is 0. The van der Waals surface area contributed by atoms with Crippen LogP contribution in [0.2, 0.25) is 0 Å².